The molecule has 0 N–H and O–H groups in total. The Kier molecular flexibility index (Phi) is 10.9. The molecule has 4 rings (SSSR count). The van der Waals surface area contributed by atoms with Crippen LogP contribution in [0.2, 0.25) is 10.0 Å². The molecule has 2 aromatic carbocycles. The number of rotatable bonds is 4. The Labute approximate surface area is 184 Å². The summed E-state index contributed by atoms with van der Waals surface area (Å²) in [7, 11) is 0. The molecule has 2 aromatic rings. The van der Waals surface area contributed by atoms with E-state index in [0.717, 1.165) is 29.1 Å². The molecule has 0 spiro atoms. The number of benzene rings is 2. The van der Waals surface area contributed by atoms with Crippen molar-refractivity contribution in [1.82, 2.24) is 4.90 Å². The summed E-state index contributed by atoms with van der Waals surface area (Å²) in [4.78, 5) is 13.9. The normalized spacial score (nSPS) is 18.5. The molecule has 156 valence electrons. The molecular weight excluding hydrogens is 405 g/mol. The molecule has 1 amide bonds. The number of amides is 1. The van der Waals surface area contributed by atoms with Crippen LogP contribution in [0.1, 0.15) is 25.7 Å². The SMILES string of the molecule is C=CC[C@H]1OCCN(CC2CCC2)C1=O.Clc1ccccc1.Clc1ccccc1. The van der Waals surface area contributed by atoms with Gasteiger partial charge in [0.05, 0.1) is 6.61 Å². The molecule has 1 aliphatic carbocycles. The molecule has 0 radical (unpaired) electrons. The number of hydrogen-bond donors (Lipinski definition) is 0. The quantitative estimate of drug-likeness (QED) is 0.531. The minimum Gasteiger partial charge on any atom is -0.366 e. The summed E-state index contributed by atoms with van der Waals surface area (Å²) in [5.74, 6) is 0.907. The topological polar surface area (TPSA) is 29.5 Å². The van der Waals surface area contributed by atoms with Gasteiger partial charge in [-0.25, -0.2) is 0 Å². The Morgan fingerprint density at radius 1 is 1.00 bits per heavy atom. The Hall–Kier alpha value is -1.81. The summed E-state index contributed by atoms with van der Waals surface area (Å²) in [5.41, 5.74) is 0. The molecular formula is C24H29Cl2NO2. The molecule has 0 aromatic heterocycles. The van der Waals surface area contributed by atoms with E-state index in [1.807, 2.05) is 65.6 Å². The third kappa shape index (κ3) is 9.03. The highest BCUT2D eigenvalue weighted by atomic mass is 35.5. The maximum Gasteiger partial charge on any atom is 0.252 e. The number of carbonyl (C=O) groups excluding carboxylic acids is 1. The number of nitrogens with zero attached hydrogens (tertiary/aromatic N) is 1. The highest BCUT2D eigenvalue weighted by Crippen LogP contribution is 2.28. The maximum atomic E-state index is 11.9. The van der Waals surface area contributed by atoms with Gasteiger partial charge in [0.2, 0.25) is 0 Å². The van der Waals surface area contributed by atoms with Crippen molar-refractivity contribution >= 4 is 29.1 Å². The van der Waals surface area contributed by atoms with E-state index in [2.05, 4.69) is 6.58 Å². The third-order valence-corrected chi connectivity index (χ3v) is 5.32. The van der Waals surface area contributed by atoms with Gasteiger partial charge in [0.1, 0.15) is 6.10 Å². The zero-order valence-corrected chi connectivity index (χ0v) is 18.2. The van der Waals surface area contributed by atoms with Crippen LogP contribution in [0.15, 0.2) is 73.3 Å². The fourth-order valence-corrected chi connectivity index (χ4v) is 3.30. The van der Waals surface area contributed by atoms with E-state index in [0.29, 0.717) is 13.0 Å². The van der Waals surface area contributed by atoms with Crippen LogP contribution < -0.4 is 0 Å². The van der Waals surface area contributed by atoms with Gasteiger partial charge in [0.15, 0.2) is 0 Å². The lowest BCUT2D eigenvalue weighted by Gasteiger charge is -2.37. The second-order valence-electron chi connectivity index (χ2n) is 7.06. The monoisotopic (exact) mass is 433 g/mol. The van der Waals surface area contributed by atoms with Crippen LogP contribution in [0.4, 0.5) is 0 Å². The van der Waals surface area contributed by atoms with E-state index in [-0.39, 0.29) is 12.0 Å². The smallest absolute Gasteiger partial charge is 0.252 e. The summed E-state index contributed by atoms with van der Waals surface area (Å²) in [6.45, 7) is 6.04. The van der Waals surface area contributed by atoms with Crippen molar-refractivity contribution in [2.75, 3.05) is 19.7 Å². The molecule has 0 bridgehead atoms. The van der Waals surface area contributed by atoms with Crippen LogP contribution in [0, 0.1) is 5.92 Å². The zero-order chi connectivity index (χ0) is 20.9. The van der Waals surface area contributed by atoms with E-state index in [1.54, 1.807) is 6.08 Å². The number of morpholine rings is 1. The number of hydrogen-bond acceptors (Lipinski definition) is 2. The van der Waals surface area contributed by atoms with Crippen LogP contribution in [0.3, 0.4) is 0 Å². The highest BCUT2D eigenvalue weighted by Gasteiger charge is 2.31. The van der Waals surface area contributed by atoms with Gasteiger partial charge in [-0.2, -0.15) is 0 Å². The Morgan fingerprint density at radius 2 is 1.55 bits per heavy atom. The first-order valence-electron chi connectivity index (χ1n) is 10.0. The standard InChI is InChI=1S/C12H19NO2.2C6H5Cl/c1-2-4-11-12(14)13(7-8-15-11)9-10-5-3-6-10;2*7-6-4-2-1-3-5-6/h2,10-11H,1,3-9H2;2*1-5H/t11-;;/m1../s1. The van der Waals surface area contributed by atoms with Gasteiger partial charge in [-0.1, -0.05) is 72.1 Å². The lowest BCUT2D eigenvalue weighted by atomic mass is 9.85. The number of halogens is 2. The lowest BCUT2D eigenvalue weighted by Crippen LogP contribution is -2.49. The molecule has 1 heterocycles. The summed E-state index contributed by atoms with van der Waals surface area (Å²) in [5, 5.41) is 1.59. The van der Waals surface area contributed by atoms with E-state index < -0.39 is 0 Å². The van der Waals surface area contributed by atoms with Crippen molar-refractivity contribution in [2.24, 2.45) is 5.92 Å². The summed E-state index contributed by atoms with van der Waals surface area (Å²) in [6.07, 6.45) is 6.04. The molecule has 1 aliphatic heterocycles. The molecule has 3 nitrogen and oxygen atoms in total. The van der Waals surface area contributed by atoms with Crippen LogP contribution in [-0.2, 0) is 9.53 Å². The first kappa shape index (κ1) is 23.5. The van der Waals surface area contributed by atoms with Gasteiger partial charge in [0, 0.05) is 29.6 Å². The first-order valence-corrected chi connectivity index (χ1v) is 10.8. The van der Waals surface area contributed by atoms with Gasteiger partial charge < -0.3 is 9.64 Å². The van der Waals surface area contributed by atoms with Crippen LogP contribution in [0.25, 0.3) is 0 Å². The molecule has 0 unspecified atom stereocenters. The fourth-order valence-electron chi connectivity index (χ4n) is 3.01. The minimum atomic E-state index is -0.267. The predicted octanol–water partition coefficient (Wildman–Crippen LogP) is 6.27. The van der Waals surface area contributed by atoms with Crippen molar-refractivity contribution < 1.29 is 9.53 Å². The predicted molar refractivity (Wildman–Crippen MR) is 121 cm³/mol. The summed E-state index contributed by atoms with van der Waals surface area (Å²) >= 11 is 11.1. The van der Waals surface area contributed by atoms with Crippen LogP contribution in [0.5, 0.6) is 0 Å². The molecule has 2 aliphatic rings. The molecule has 5 heteroatoms. The van der Waals surface area contributed by atoms with Crippen molar-refractivity contribution in [3.8, 4) is 0 Å². The summed E-state index contributed by atoms with van der Waals surface area (Å²) in [6, 6.07) is 18.9. The lowest BCUT2D eigenvalue weighted by molar-refractivity contribution is -0.153. The minimum absolute atomic E-state index is 0.160. The fraction of sp³-hybridized carbons (Fsp3) is 0.375. The van der Waals surface area contributed by atoms with Crippen molar-refractivity contribution in [3.05, 3.63) is 83.4 Å². The molecule has 1 saturated heterocycles. The van der Waals surface area contributed by atoms with E-state index in [1.165, 1.54) is 19.3 Å². The molecule has 29 heavy (non-hydrogen) atoms. The Balaban J connectivity index is 0.000000178. The van der Waals surface area contributed by atoms with E-state index in [4.69, 9.17) is 27.9 Å². The Morgan fingerprint density at radius 3 is 1.93 bits per heavy atom. The van der Waals surface area contributed by atoms with Gasteiger partial charge in [0.25, 0.3) is 5.91 Å². The van der Waals surface area contributed by atoms with Crippen molar-refractivity contribution in [3.63, 3.8) is 0 Å². The average Bonchev–Trinajstić information content (AvgIpc) is 2.70. The highest BCUT2D eigenvalue weighted by molar-refractivity contribution is 6.30. The van der Waals surface area contributed by atoms with E-state index >= 15 is 0 Å². The second kappa shape index (κ2) is 13.4. The summed E-state index contributed by atoms with van der Waals surface area (Å²) < 4.78 is 5.43. The van der Waals surface area contributed by atoms with E-state index in [9.17, 15) is 4.79 Å². The molecule has 2 fully saturated rings. The molecule has 1 atom stereocenters. The van der Waals surface area contributed by atoms with Gasteiger partial charge >= 0.3 is 0 Å². The van der Waals surface area contributed by atoms with Crippen LogP contribution >= 0.6 is 23.2 Å². The Bertz CT molecular complexity index is 683. The van der Waals surface area contributed by atoms with Gasteiger partial charge in [-0.3, -0.25) is 4.79 Å². The second-order valence-corrected chi connectivity index (χ2v) is 7.93. The number of ether oxygens (including phenoxy) is 1. The molecule has 1 saturated carbocycles. The first-order chi connectivity index (χ1) is 14.1. The van der Waals surface area contributed by atoms with Gasteiger partial charge in [-0.05, 0) is 43.0 Å². The van der Waals surface area contributed by atoms with Crippen LogP contribution in [-0.4, -0.2) is 36.6 Å². The van der Waals surface area contributed by atoms with Crippen molar-refractivity contribution in [1.29, 1.82) is 0 Å². The average molecular weight is 434 g/mol. The maximum absolute atomic E-state index is 11.9. The largest absolute Gasteiger partial charge is 0.366 e. The third-order valence-electron chi connectivity index (χ3n) is 4.82. The zero-order valence-electron chi connectivity index (χ0n) is 16.7. The number of carbonyl (C=O) groups is 1. The van der Waals surface area contributed by atoms with Gasteiger partial charge in [-0.15, -0.1) is 6.58 Å². The van der Waals surface area contributed by atoms with Crippen molar-refractivity contribution in [2.45, 2.75) is 31.8 Å².